The maximum absolute atomic E-state index is 13.6. The molecule has 0 aliphatic carbocycles. The van der Waals surface area contributed by atoms with Crippen LogP contribution in [0.15, 0.2) is 47.5 Å². The number of benzene rings is 2. The summed E-state index contributed by atoms with van der Waals surface area (Å²) in [5.41, 5.74) is 1.16. The van der Waals surface area contributed by atoms with E-state index >= 15 is 0 Å². The van der Waals surface area contributed by atoms with Crippen molar-refractivity contribution in [3.05, 3.63) is 65.2 Å². The van der Waals surface area contributed by atoms with Crippen LogP contribution in [0.4, 0.5) is 8.78 Å². The number of rotatable bonds is 5. The molecule has 3 N–H and O–H groups in total. The van der Waals surface area contributed by atoms with Crippen LogP contribution in [0.3, 0.4) is 0 Å². The zero-order chi connectivity index (χ0) is 16.7. The molecule has 0 aromatic heterocycles. The first kappa shape index (κ1) is 20.1. The number of nitrogens with zero attached hydrogens (tertiary/aromatic N) is 1. The summed E-state index contributed by atoms with van der Waals surface area (Å²) in [7, 11) is 0. The fourth-order valence-corrected chi connectivity index (χ4v) is 1.97. The van der Waals surface area contributed by atoms with E-state index in [1.54, 1.807) is 24.3 Å². The molecule has 0 saturated heterocycles. The Labute approximate surface area is 157 Å². The minimum absolute atomic E-state index is 0. The van der Waals surface area contributed by atoms with Crippen molar-refractivity contribution < 1.29 is 13.9 Å². The molecule has 0 saturated carbocycles. The van der Waals surface area contributed by atoms with Crippen molar-refractivity contribution in [2.75, 3.05) is 6.54 Å². The molecule has 0 amide bonds. The molecule has 0 spiro atoms. The molecule has 0 aliphatic heterocycles. The number of aliphatic imine (C=N–C) groups is 1. The Morgan fingerprint density at radius 2 is 1.79 bits per heavy atom. The van der Waals surface area contributed by atoms with Crippen LogP contribution >= 0.6 is 24.0 Å². The summed E-state index contributed by atoms with van der Waals surface area (Å²) in [5.74, 6) is -0.240. The molecule has 0 radical (unpaired) electrons. The zero-order valence-electron chi connectivity index (χ0n) is 13.2. The maximum Gasteiger partial charge on any atom is 0.191 e. The van der Waals surface area contributed by atoms with Crippen LogP contribution in [0.5, 0.6) is 5.75 Å². The third-order valence-corrected chi connectivity index (χ3v) is 3.15. The molecule has 0 atom stereocenters. The van der Waals surface area contributed by atoms with Gasteiger partial charge in [0.1, 0.15) is 17.4 Å². The third kappa shape index (κ3) is 6.31. The minimum atomic E-state index is -0.478. The van der Waals surface area contributed by atoms with E-state index in [0.717, 1.165) is 23.8 Å². The molecule has 7 heteroatoms. The van der Waals surface area contributed by atoms with Gasteiger partial charge in [-0.15, -0.1) is 24.0 Å². The van der Waals surface area contributed by atoms with Gasteiger partial charge in [-0.1, -0.05) is 12.1 Å². The summed E-state index contributed by atoms with van der Waals surface area (Å²) in [4.78, 5) is 4.38. The summed E-state index contributed by atoms with van der Waals surface area (Å²) in [6.45, 7) is 3.10. The molecule has 0 bridgehead atoms. The molecule has 0 heterocycles. The summed E-state index contributed by atoms with van der Waals surface area (Å²) in [6.07, 6.45) is 0. The van der Waals surface area contributed by atoms with Gasteiger partial charge in [-0.05, 0) is 42.8 Å². The van der Waals surface area contributed by atoms with Crippen molar-refractivity contribution in [1.29, 1.82) is 0 Å². The van der Waals surface area contributed by atoms with Crippen LogP contribution in [-0.2, 0) is 13.1 Å². The van der Waals surface area contributed by atoms with Crippen molar-refractivity contribution >= 4 is 29.9 Å². The smallest absolute Gasteiger partial charge is 0.191 e. The second-order valence-electron chi connectivity index (χ2n) is 4.95. The first-order valence-electron chi connectivity index (χ1n) is 7.32. The third-order valence-electron chi connectivity index (χ3n) is 3.15. The first-order chi connectivity index (χ1) is 11.1. The van der Waals surface area contributed by atoms with Crippen LogP contribution in [0.1, 0.15) is 18.1 Å². The quantitative estimate of drug-likeness (QED) is 0.374. The van der Waals surface area contributed by atoms with Crippen LogP contribution in [0.2, 0.25) is 0 Å². The molecule has 2 aromatic carbocycles. The fraction of sp³-hybridized carbons (Fsp3) is 0.235. The number of guanidine groups is 1. The Morgan fingerprint density at radius 3 is 2.46 bits per heavy atom. The monoisotopic (exact) mass is 447 g/mol. The van der Waals surface area contributed by atoms with Crippen LogP contribution < -0.4 is 10.6 Å². The van der Waals surface area contributed by atoms with Gasteiger partial charge >= 0.3 is 0 Å². The minimum Gasteiger partial charge on any atom is -0.508 e. The van der Waals surface area contributed by atoms with E-state index in [2.05, 4.69) is 15.6 Å². The highest BCUT2D eigenvalue weighted by Crippen LogP contribution is 2.11. The second-order valence-corrected chi connectivity index (χ2v) is 4.95. The highest BCUT2D eigenvalue weighted by Gasteiger charge is 2.05. The highest BCUT2D eigenvalue weighted by atomic mass is 127. The molecule has 130 valence electrons. The van der Waals surface area contributed by atoms with E-state index in [-0.39, 0.29) is 41.8 Å². The first-order valence-corrected chi connectivity index (χ1v) is 7.32. The second kappa shape index (κ2) is 10.1. The number of nitrogens with one attached hydrogen (secondary N) is 2. The van der Waals surface area contributed by atoms with Gasteiger partial charge in [0.05, 0.1) is 6.54 Å². The molecule has 0 unspecified atom stereocenters. The van der Waals surface area contributed by atoms with Gasteiger partial charge in [-0.2, -0.15) is 0 Å². The Balaban J connectivity index is 0.00000288. The lowest BCUT2D eigenvalue weighted by Crippen LogP contribution is -2.37. The molecule has 0 fully saturated rings. The lowest BCUT2D eigenvalue weighted by Gasteiger charge is -2.12. The van der Waals surface area contributed by atoms with Gasteiger partial charge in [-0.3, -0.25) is 0 Å². The van der Waals surface area contributed by atoms with Gasteiger partial charge in [0.15, 0.2) is 5.96 Å². The number of halogens is 3. The van der Waals surface area contributed by atoms with Crippen molar-refractivity contribution in [3.8, 4) is 5.75 Å². The average molecular weight is 447 g/mol. The van der Waals surface area contributed by atoms with E-state index < -0.39 is 11.6 Å². The lowest BCUT2D eigenvalue weighted by atomic mass is 10.2. The number of aromatic hydroxyl groups is 1. The van der Waals surface area contributed by atoms with Crippen molar-refractivity contribution in [2.45, 2.75) is 20.0 Å². The van der Waals surface area contributed by atoms with E-state index in [1.807, 2.05) is 6.92 Å². The van der Waals surface area contributed by atoms with Gasteiger partial charge in [0.2, 0.25) is 0 Å². The standard InChI is InChI=1S/C17H19F2N3O.HI/c1-2-20-17(21-10-12-3-6-15(23)7-4-12)22-11-13-9-14(18)5-8-16(13)19;/h3-9,23H,2,10-11H2,1H3,(H2,20,21,22);1H. The predicted octanol–water partition coefficient (Wildman–Crippen LogP) is 3.54. The summed E-state index contributed by atoms with van der Waals surface area (Å²) in [5, 5.41) is 15.3. The number of hydrogen-bond donors (Lipinski definition) is 3. The Kier molecular flexibility index (Phi) is 8.45. The topological polar surface area (TPSA) is 56.7 Å². The predicted molar refractivity (Wildman–Crippen MR) is 102 cm³/mol. The van der Waals surface area contributed by atoms with Crippen molar-refractivity contribution in [2.24, 2.45) is 4.99 Å². The maximum atomic E-state index is 13.6. The number of phenols is 1. The SMILES string of the molecule is CCNC(=NCc1ccc(O)cc1)NCc1cc(F)ccc1F.I. The Bertz CT molecular complexity index is 678. The molecular weight excluding hydrogens is 427 g/mol. The normalized spacial score (nSPS) is 10.9. The summed E-state index contributed by atoms with van der Waals surface area (Å²) in [6, 6.07) is 10.1. The Hall–Kier alpha value is -1.90. The van der Waals surface area contributed by atoms with E-state index in [1.165, 1.54) is 0 Å². The molecule has 2 aromatic rings. The van der Waals surface area contributed by atoms with E-state index in [4.69, 9.17) is 0 Å². The van der Waals surface area contributed by atoms with Gasteiger partial charge in [0, 0.05) is 18.7 Å². The largest absolute Gasteiger partial charge is 0.508 e. The van der Waals surface area contributed by atoms with E-state index in [0.29, 0.717) is 19.0 Å². The van der Waals surface area contributed by atoms with Crippen molar-refractivity contribution in [3.63, 3.8) is 0 Å². The highest BCUT2D eigenvalue weighted by molar-refractivity contribution is 14.0. The van der Waals surface area contributed by atoms with E-state index in [9.17, 15) is 13.9 Å². The van der Waals surface area contributed by atoms with Gasteiger partial charge < -0.3 is 15.7 Å². The molecule has 4 nitrogen and oxygen atoms in total. The summed E-state index contributed by atoms with van der Waals surface area (Å²) >= 11 is 0. The van der Waals surface area contributed by atoms with Crippen molar-refractivity contribution in [1.82, 2.24) is 10.6 Å². The van der Waals surface area contributed by atoms with Gasteiger partial charge in [-0.25, -0.2) is 13.8 Å². The van der Waals surface area contributed by atoms with Crippen LogP contribution in [0, 0.1) is 11.6 Å². The van der Waals surface area contributed by atoms with Gasteiger partial charge in [0.25, 0.3) is 0 Å². The lowest BCUT2D eigenvalue weighted by molar-refractivity contribution is 0.475. The summed E-state index contributed by atoms with van der Waals surface area (Å²) < 4.78 is 26.8. The fourth-order valence-electron chi connectivity index (χ4n) is 1.97. The molecular formula is C17H20F2IN3O. The molecule has 24 heavy (non-hydrogen) atoms. The number of phenolic OH excluding ortho intramolecular Hbond substituents is 1. The van der Waals surface area contributed by atoms with Crippen LogP contribution in [0.25, 0.3) is 0 Å². The average Bonchev–Trinajstić information content (AvgIpc) is 2.54. The number of hydrogen-bond acceptors (Lipinski definition) is 2. The zero-order valence-corrected chi connectivity index (χ0v) is 15.6. The Morgan fingerprint density at radius 1 is 1.08 bits per heavy atom. The molecule has 0 aliphatic rings. The van der Waals surface area contributed by atoms with Crippen LogP contribution in [-0.4, -0.2) is 17.6 Å². The molecule has 2 rings (SSSR count).